The maximum absolute atomic E-state index is 11.5. The first-order valence-corrected chi connectivity index (χ1v) is 8.98. The number of fused-ring (bicyclic) bond motifs is 1. The van der Waals surface area contributed by atoms with E-state index in [1.54, 1.807) is 0 Å². The van der Waals surface area contributed by atoms with E-state index in [0.29, 0.717) is 4.34 Å². The zero-order chi connectivity index (χ0) is 17.6. The number of anilines is 2. The summed E-state index contributed by atoms with van der Waals surface area (Å²) in [6.07, 6.45) is -0.404. The Balaban J connectivity index is 1.71. The number of hydrogen-bond donors (Lipinski definition) is 2. The molecule has 0 saturated carbocycles. The summed E-state index contributed by atoms with van der Waals surface area (Å²) >= 11 is 2.26. The Hall–Kier alpha value is -2.58. The summed E-state index contributed by atoms with van der Waals surface area (Å²) in [7, 11) is 0. The quantitative estimate of drug-likeness (QED) is 0.590. The average Bonchev–Trinajstić information content (AvgIpc) is 3.03. The Bertz CT molecular complexity index is 896. The summed E-state index contributed by atoms with van der Waals surface area (Å²) in [5.41, 5.74) is 2.69. The van der Waals surface area contributed by atoms with Crippen molar-refractivity contribution in [2.24, 2.45) is 0 Å². The number of para-hydroxylation sites is 1. The van der Waals surface area contributed by atoms with Crippen LogP contribution in [0, 0.1) is 0 Å². The lowest BCUT2D eigenvalue weighted by atomic mass is 10.2. The highest BCUT2D eigenvalue weighted by Crippen LogP contribution is 2.35. The lowest BCUT2D eigenvalue weighted by molar-refractivity contribution is -0.141. The van der Waals surface area contributed by atoms with Crippen molar-refractivity contribution >= 4 is 56.9 Å². The number of aliphatic carboxylic acids is 1. The first-order valence-electron chi connectivity index (χ1n) is 7.42. The number of thiazole rings is 1. The third-order valence-electron chi connectivity index (χ3n) is 3.20. The molecular formula is C17H14N2O4S2. The Labute approximate surface area is 152 Å². The van der Waals surface area contributed by atoms with Crippen LogP contribution in [0.15, 0.2) is 52.9 Å². The second-order valence-electron chi connectivity index (χ2n) is 5.06. The highest BCUT2D eigenvalue weighted by atomic mass is 32.2. The van der Waals surface area contributed by atoms with Gasteiger partial charge in [-0.15, -0.1) is 11.3 Å². The summed E-state index contributed by atoms with van der Waals surface area (Å²) in [4.78, 5) is 26.4. The number of hydrogen-bond acceptors (Lipinski definition) is 7. The summed E-state index contributed by atoms with van der Waals surface area (Å²) in [6.45, 7) is 0. The molecule has 0 fully saturated rings. The highest BCUT2D eigenvalue weighted by molar-refractivity contribution is 7.97. The van der Waals surface area contributed by atoms with Crippen LogP contribution >= 0.6 is 23.4 Å². The van der Waals surface area contributed by atoms with E-state index < -0.39 is 11.9 Å². The molecule has 8 heteroatoms. The fraction of sp³-hybridized carbons (Fsp3) is 0.118. The molecule has 0 bridgehead atoms. The van der Waals surface area contributed by atoms with Crippen LogP contribution in [-0.4, -0.2) is 22.0 Å². The van der Waals surface area contributed by atoms with Gasteiger partial charge in [-0.3, -0.25) is 9.59 Å². The molecule has 0 amide bonds. The Morgan fingerprint density at radius 2 is 1.92 bits per heavy atom. The molecule has 0 atom stereocenters. The van der Waals surface area contributed by atoms with Gasteiger partial charge < -0.3 is 14.6 Å². The normalized spacial score (nSPS) is 10.6. The minimum atomic E-state index is -1.03. The van der Waals surface area contributed by atoms with Crippen molar-refractivity contribution in [2.75, 3.05) is 5.32 Å². The maximum atomic E-state index is 11.5. The smallest absolute Gasteiger partial charge is 0.318 e. The molecule has 3 rings (SSSR count). The standard InChI is InChI=1S/C17H14N2O4S2/c20-14(21)9-10-15(22)23-25-17-19-13-8-4-7-12(16(13)24-17)18-11-5-2-1-3-6-11/h1-8,18H,9-10H2,(H,20,21). The number of carbonyl (C=O) groups is 2. The molecule has 6 nitrogen and oxygen atoms in total. The molecule has 128 valence electrons. The summed E-state index contributed by atoms with van der Waals surface area (Å²) in [5, 5.41) is 11.9. The largest absolute Gasteiger partial charge is 0.481 e. The van der Waals surface area contributed by atoms with E-state index in [1.165, 1.54) is 11.3 Å². The number of nitrogens with zero attached hydrogens (tertiary/aromatic N) is 1. The first kappa shape index (κ1) is 17.2. The van der Waals surface area contributed by atoms with Crippen molar-refractivity contribution in [3.63, 3.8) is 0 Å². The topological polar surface area (TPSA) is 88.5 Å². The fourth-order valence-corrected chi connectivity index (χ4v) is 3.71. The highest BCUT2D eigenvalue weighted by Gasteiger charge is 2.13. The van der Waals surface area contributed by atoms with Gasteiger partial charge in [0.15, 0.2) is 4.34 Å². The van der Waals surface area contributed by atoms with Crippen LogP contribution in [0.1, 0.15) is 12.8 Å². The molecule has 0 unspecified atom stereocenters. The lowest BCUT2D eigenvalue weighted by Crippen LogP contribution is -2.03. The van der Waals surface area contributed by atoms with E-state index in [9.17, 15) is 9.59 Å². The number of carboxylic acid groups (broad SMARTS) is 1. The van der Waals surface area contributed by atoms with Crippen molar-refractivity contribution in [2.45, 2.75) is 17.2 Å². The summed E-state index contributed by atoms with van der Waals surface area (Å²) in [5.74, 6) is -1.60. The molecule has 0 aliphatic carbocycles. The van der Waals surface area contributed by atoms with Gasteiger partial charge in [0.1, 0.15) is 12.0 Å². The first-order chi connectivity index (χ1) is 12.1. The Morgan fingerprint density at radius 3 is 2.68 bits per heavy atom. The van der Waals surface area contributed by atoms with Gasteiger partial charge in [-0.2, -0.15) is 0 Å². The molecule has 1 aromatic heterocycles. The second kappa shape index (κ2) is 8.00. The molecule has 0 saturated heterocycles. The van der Waals surface area contributed by atoms with Gasteiger partial charge in [0.2, 0.25) is 0 Å². The van der Waals surface area contributed by atoms with Gasteiger partial charge in [0.25, 0.3) is 0 Å². The molecule has 1 heterocycles. The van der Waals surface area contributed by atoms with Gasteiger partial charge in [-0.05, 0) is 24.3 Å². The van der Waals surface area contributed by atoms with Gasteiger partial charge >= 0.3 is 11.9 Å². The predicted molar refractivity (Wildman–Crippen MR) is 98.2 cm³/mol. The van der Waals surface area contributed by atoms with Crippen molar-refractivity contribution in [3.05, 3.63) is 48.5 Å². The molecule has 0 aliphatic rings. The maximum Gasteiger partial charge on any atom is 0.318 e. The van der Waals surface area contributed by atoms with E-state index in [-0.39, 0.29) is 12.8 Å². The lowest BCUT2D eigenvalue weighted by Gasteiger charge is -2.06. The van der Waals surface area contributed by atoms with Crippen LogP contribution in [0.4, 0.5) is 11.4 Å². The zero-order valence-electron chi connectivity index (χ0n) is 13.0. The van der Waals surface area contributed by atoms with Crippen LogP contribution in [0.3, 0.4) is 0 Å². The number of benzene rings is 2. The SMILES string of the molecule is O=C(O)CCC(=O)OSc1nc2cccc(Nc3ccccc3)c2s1. The van der Waals surface area contributed by atoms with Crippen molar-refractivity contribution < 1.29 is 18.9 Å². The molecule has 0 aliphatic heterocycles. The van der Waals surface area contributed by atoms with Crippen LogP contribution < -0.4 is 5.32 Å². The van der Waals surface area contributed by atoms with Crippen LogP contribution in [0.5, 0.6) is 0 Å². The van der Waals surface area contributed by atoms with Gasteiger partial charge in [-0.1, -0.05) is 24.3 Å². The van der Waals surface area contributed by atoms with Gasteiger partial charge in [0.05, 0.1) is 28.7 Å². The Kier molecular flexibility index (Phi) is 5.52. The number of nitrogens with one attached hydrogen (secondary N) is 1. The molecule has 25 heavy (non-hydrogen) atoms. The minimum absolute atomic E-state index is 0.159. The van der Waals surface area contributed by atoms with Crippen molar-refractivity contribution in [1.82, 2.24) is 4.98 Å². The van der Waals surface area contributed by atoms with E-state index >= 15 is 0 Å². The molecule has 2 aromatic carbocycles. The number of carboxylic acids is 1. The number of carbonyl (C=O) groups excluding carboxylic acids is 1. The third kappa shape index (κ3) is 4.71. The summed E-state index contributed by atoms with van der Waals surface area (Å²) in [6, 6.07) is 15.5. The molecule has 0 radical (unpaired) electrons. The monoisotopic (exact) mass is 374 g/mol. The fourth-order valence-electron chi connectivity index (χ4n) is 2.07. The zero-order valence-corrected chi connectivity index (χ0v) is 14.6. The molecular weight excluding hydrogens is 360 g/mol. The van der Waals surface area contributed by atoms with Crippen LogP contribution in [0.25, 0.3) is 10.2 Å². The third-order valence-corrected chi connectivity index (χ3v) is 5.05. The van der Waals surface area contributed by atoms with Crippen molar-refractivity contribution in [3.8, 4) is 0 Å². The van der Waals surface area contributed by atoms with E-state index in [2.05, 4.69) is 10.3 Å². The van der Waals surface area contributed by atoms with E-state index in [1.807, 2.05) is 48.5 Å². The van der Waals surface area contributed by atoms with Gasteiger partial charge in [-0.25, -0.2) is 4.98 Å². The van der Waals surface area contributed by atoms with E-state index in [4.69, 9.17) is 9.29 Å². The molecule has 0 spiro atoms. The van der Waals surface area contributed by atoms with Crippen molar-refractivity contribution in [1.29, 1.82) is 0 Å². The minimum Gasteiger partial charge on any atom is -0.481 e. The summed E-state index contributed by atoms with van der Waals surface area (Å²) < 4.78 is 6.55. The second-order valence-corrected chi connectivity index (χ2v) is 7.03. The number of aromatic nitrogens is 1. The number of rotatable bonds is 7. The predicted octanol–water partition coefficient (Wildman–Crippen LogP) is 4.46. The van der Waals surface area contributed by atoms with Gasteiger partial charge in [0, 0.05) is 5.69 Å². The molecule has 3 aromatic rings. The van der Waals surface area contributed by atoms with Crippen LogP contribution in [-0.2, 0) is 13.8 Å². The van der Waals surface area contributed by atoms with E-state index in [0.717, 1.165) is 33.6 Å². The molecule has 2 N–H and O–H groups in total. The Morgan fingerprint density at radius 1 is 1.12 bits per heavy atom. The van der Waals surface area contributed by atoms with Crippen LogP contribution in [0.2, 0.25) is 0 Å². The average molecular weight is 374 g/mol.